The number of carbonyl (C=O) groups is 1. The molecule has 1 aromatic rings. The van der Waals surface area contributed by atoms with Crippen molar-refractivity contribution in [2.45, 2.75) is 50.7 Å². The molecule has 3 rings (SSSR count). The van der Waals surface area contributed by atoms with E-state index in [-0.39, 0.29) is 18.1 Å². The number of rotatable bonds is 5. The van der Waals surface area contributed by atoms with Crippen LogP contribution in [0.4, 0.5) is 0 Å². The molecule has 2 fully saturated rings. The third-order valence-corrected chi connectivity index (χ3v) is 5.13. The number of fused-ring (bicyclic) bond motifs is 1. The standard InChI is InChI=1S/C19H27NO4/c1-22-17-9-7-14(13-18(17)23-2)8-10-19(21)20-11-12-24-16-6-4-3-5-15(16)20/h7,9,13,15-16H,3-6,8,10-12H2,1-2H3/t15-,16+/m1/s1. The number of aryl methyl sites for hydroxylation is 1. The molecule has 1 aliphatic carbocycles. The lowest BCUT2D eigenvalue weighted by Gasteiger charge is -2.43. The predicted molar refractivity (Wildman–Crippen MR) is 91.6 cm³/mol. The molecule has 1 saturated carbocycles. The largest absolute Gasteiger partial charge is 0.493 e. The van der Waals surface area contributed by atoms with Crippen LogP contribution in [0.3, 0.4) is 0 Å². The van der Waals surface area contributed by atoms with Crippen molar-refractivity contribution < 1.29 is 19.0 Å². The Kier molecular flexibility index (Phi) is 5.61. The van der Waals surface area contributed by atoms with Crippen molar-refractivity contribution in [3.05, 3.63) is 23.8 Å². The zero-order chi connectivity index (χ0) is 16.9. The molecule has 0 bridgehead atoms. The van der Waals surface area contributed by atoms with Gasteiger partial charge in [-0.2, -0.15) is 0 Å². The molecule has 0 N–H and O–H groups in total. The van der Waals surface area contributed by atoms with E-state index in [9.17, 15) is 4.79 Å². The van der Waals surface area contributed by atoms with E-state index in [2.05, 4.69) is 4.90 Å². The molecule has 0 radical (unpaired) electrons. The quantitative estimate of drug-likeness (QED) is 0.831. The number of nitrogens with zero attached hydrogens (tertiary/aromatic N) is 1. The van der Waals surface area contributed by atoms with Gasteiger partial charge in [0.05, 0.1) is 33.0 Å². The summed E-state index contributed by atoms with van der Waals surface area (Å²) in [5.74, 6) is 1.66. The summed E-state index contributed by atoms with van der Waals surface area (Å²) in [6, 6.07) is 6.13. The fourth-order valence-electron chi connectivity index (χ4n) is 3.84. The molecule has 24 heavy (non-hydrogen) atoms. The normalized spacial score (nSPS) is 23.5. The number of ether oxygens (including phenoxy) is 3. The van der Waals surface area contributed by atoms with E-state index in [1.807, 2.05) is 18.2 Å². The van der Waals surface area contributed by atoms with Gasteiger partial charge >= 0.3 is 0 Å². The van der Waals surface area contributed by atoms with Crippen LogP contribution in [-0.4, -0.2) is 50.3 Å². The third kappa shape index (κ3) is 3.66. The minimum Gasteiger partial charge on any atom is -0.493 e. The van der Waals surface area contributed by atoms with Gasteiger partial charge in [-0.1, -0.05) is 18.9 Å². The van der Waals surface area contributed by atoms with Gasteiger partial charge in [0.25, 0.3) is 0 Å². The van der Waals surface area contributed by atoms with E-state index >= 15 is 0 Å². The van der Waals surface area contributed by atoms with Crippen LogP contribution in [0.1, 0.15) is 37.7 Å². The van der Waals surface area contributed by atoms with Gasteiger partial charge in [0.1, 0.15) is 0 Å². The lowest BCUT2D eigenvalue weighted by Crippen LogP contribution is -2.54. The van der Waals surface area contributed by atoms with Crippen molar-refractivity contribution in [3.63, 3.8) is 0 Å². The van der Waals surface area contributed by atoms with Crippen LogP contribution >= 0.6 is 0 Å². The summed E-state index contributed by atoms with van der Waals surface area (Å²) in [4.78, 5) is 14.8. The minimum absolute atomic E-state index is 0.241. The topological polar surface area (TPSA) is 48.0 Å². The monoisotopic (exact) mass is 333 g/mol. The van der Waals surface area contributed by atoms with Crippen molar-refractivity contribution in [1.29, 1.82) is 0 Å². The van der Waals surface area contributed by atoms with E-state index in [1.165, 1.54) is 12.8 Å². The fourth-order valence-corrected chi connectivity index (χ4v) is 3.84. The van der Waals surface area contributed by atoms with Gasteiger partial charge in [0.2, 0.25) is 5.91 Å². The van der Waals surface area contributed by atoms with Gasteiger partial charge in [-0.15, -0.1) is 0 Å². The molecular weight excluding hydrogens is 306 g/mol. The van der Waals surface area contributed by atoms with E-state index in [0.717, 1.165) is 24.9 Å². The lowest BCUT2D eigenvalue weighted by atomic mass is 9.90. The Labute approximate surface area is 143 Å². The maximum Gasteiger partial charge on any atom is 0.223 e. The van der Waals surface area contributed by atoms with Gasteiger partial charge < -0.3 is 19.1 Å². The van der Waals surface area contributed by atoms with Crippen LogP contribution in [0.25, 0.3) is 0 Å². The first-order valence-corrected chi connectivity index (χ1v) is 8.85. The first-order valence-electron chi connectivity index (χ1n) is 8.85. The molecule has 0 aromatic heterocycles. The molecule has 0 spiro atoms. The highest BCUT2D eigenvalue weighted by Gasteiger charge is 2.36. The minimum atomic E-state index is 0.241. The Hall–Kier alpha value is -1.75. The summed E-state index contributed by atoms with van der Waals surface area (Å²) in [6.07, 6.45) is 6.07. The molecule has 1 saturated heterocycles. The first kappa shape index (κ1) is 17.1. The van der Waals surface area contributed by atoms with Crippen LogP contribution in [0.15, 0.2) is 18.2 Å². The molecule has 2 aliphatic rings. The molecule has 1 amide bonds. The molecule has 1 aliphatic heterocycles. The van der Waals surface area contributed by atoms with E-state index < -0.39 is 0 Å². The number of carbonyl (C=O) groups excluding carboxylic acids is 1. The Morgan fingerprint density at radius 1 is 1.21 bits per heavy atom. The van der Waals surface area contributed by atoms with Crippen molar-refractivity contribution in [2.75, 3.05) is 27.4 Å². The van der Waals surface area contributed by atoms with Gasteiger partial charge in [0.15, 0.2) is 11.5 Å². The first-order chi connectivity index (χ1) is 11.7. The summed E-state index contributed by atoms with van der Waals surface area (Å²) < 4.78 is 16.4. The summed E-state index contributed by atoms with van der Waals surface area (Å²) in [6.45, 7) is 1.40. The molecule has 132 valence electrons. The number of methoxy groups -OCH3 is 2. The Balaban J connectivity index is 1.60. The number of hydrogen-bond acceptors (Lipinski definition) is 4. The van der Waals surface area contributed by atoms with Crippen molar-refractivity contribution in [3.8, 4) is 11.5 Å². The third-order valence-electron chi connectivity index (χ3n) is 5.13. The van der Waals surface area contributed by atoms with Gasteiger partial charge in [-0.25, -0.2) is 0 Å². The smallest absolute Gasteiger partial charge is 0.223 e. The second-order valence-corrected chi connectivity index (χ2v) is 6.54. The molecule has 2 atom stereocenters. The Morgan fingerprint density at radius 3 is 2.79 bits per heavy atom. The van der Waals surface area contributed by atoms with Gasteiger partial charge in [-0.05, 0) is 37.0 Å². The second kappa shape index (κ2) is 7.88. The average Bonchev–Trinajstić information content (AvgIpc) is 2.65. The van der Waals surface area contributed by atoms with Crippen molar-refractivity contribution in [2.24, 2.45) is 0 Å². The molecule has 1 aromatic carbocycles. The maximum absolute atomic E-state index is 12.7. The lowest BCUT2D eigenvalue weighted by molar-refractivity contribution is -0.149. The van der Waals surface area contributed by atoms with Crippen LogP contribution in [0.2, 0.25) is 0 Å². The maximum atomic E-state index is 12.7. The van der Waals surface area contributed by atoms with Crippen LogP contribution in [0, 0.1) is 0 Å². The van der Waals surface area contributed by atoms with Crippen molar-refractivity contribution >= 4 is 5.91 Å². The number of morpholine rings is 1. The number of hydrogen-bond donors (Lipinski definition) is 0. The van der Waals surface area contributed by atoms with Gasteiger partial charge in [-0.3, -0.25) is 4.79 Å². The summed E-state index contributed by atoms with van der Waals surface area (Å²) >= 11 is 0. The summed E-state index contributed by atoms with van der Waals surface area (Å²) in [5.41, 5.74) is 1.09. The molecule has 5 heteroatoms. The Morgan fingerprint density at radius 2 is 2.00 bits per heavy atom. The van der Waals surface area contributed by atoms with E-state index in [4.69, 9.17) is 14.2 Å². The van der Waals surface area contributed by atoms with Gasteiger partial charge in [0, 0.05) is 13.0 Å². The highest BCUT2D eigenvalue weighted by atomic mass is 16.5. The highest BCUT2D eigenvalue weighted by molar-refractivity contribution is 5.77. The van der Waals surface area contributed by atoms with Crippen LogP contribution < -0.4 is 9.47 Å². The SMILES string of the molecule is COc1ccc(CCC(=O)N2CCO[C@H]3CCCC[C@H]32)cc1OC. The second-order valence-electron chi connectivity index (χ2n) is 6.54. The van der Waals surface area contributed by atoms with E-state index in [0.29, 0.717) is 30.9 Å². The number of benzene rings is 1. The molecule has 0 unspecified atom stereocenters. The average molecular weight is 333 g/mol. The summed E-state index contributed by atoms with van der Waals surface area (Å²) in [5, 5.41) is 0. The Bertz CT molecular complexity index is 572. The fraction of sp³-hybridized carbons (Fsp3) is 0.632. The molecular formula is C19H27NO4. The highest BCUT2D eigenvalue weighted by Crippen LogP contribution is 2.30. The number of amides is 1. The molecule has 5 nitrogen and oxygen atoms in total. The van der Waals surface area contributed by atoms with Crippen molar-refractivity contribution in [1.82, 2.24) is 4.90 Å². The zero-order valence-electron chi connectivity index (χ0n) is 14.6. The zero-order valence-corrected chi connectivity index (χ0v) is 14.6. The summed E-state index contributed by atoms with van der Waals surface area (Å²) in [7, 11) is 3.25. The predicted octanol–water partition coefficient (Wildman–Crippen LogP) is 2.81. The molecule has 1 heterocycles. The van der Waals surface area contributed by atoms with Crippen LogP contribution in [-0.2, 0) is 16.0 Å². The van der Waals surface area contributed by atoms with E-state index in [1.54, 1.807) is 14.2 Å². The van der Waals surface area contributed by atoms with Crippen LogP contribution in [0.5, 0.6) is 11.5 Å².